The number of H-pyrrole nitrogens is 1. The van der Waals surface area contributed by atoms with Gasteiger partial charge in [0.2, 0.25) is 0 Å². The first-order valence-electron chi connectivity index (χ1n) is 11.1. The van der Waals surface area contributed by atoms with Crippen molar-refractivity contribution in [3.8, 4) is 0 Å². The number of benzene rings is 1. The summed E-state index contributed by atoms with van der Waals surface area (Å²) in [6.45, 7) is 1.71. The van der Waals surface area contributed by atoms with Gasteiger partial charge in [-0.3, -0.25) is 4.79 Å². The number of hydrogen-bond donors (Lipinski definition) is 2. The average Bonchev–Trinajstić information content (AvgIpc) is 2.79. The van der Waals surface area contributed by atoms with E-state index in [1.807, 2.05) is 12.1 Å². The summed E-state index contributed by atoms with van der Waals surface area (Å²) >= 11 is 0. The molecule has 0 amide bonds. The van der Waals surface area contributed by atoms with Crippen LogP contribution in [0.15, 0.2) is 47.4 Å². The highest BCUT2D eigenvalue weighted by Gasteiger charge is 2.36. The highest BCUT2D eigenvalue weighted by Crippen LogP contribution is 2.33. The fourth-order valence-electron chi connectivity index (χ4n) is 4.62. The summed E-state index contributed by atoms with van der Waals surface area (Å²) in [7, 11) is 0. The molecule has 168 valence electrons. The van der Waals surface area contributed by atoms with Gasteiger partial charge in [0.15, 0.2) is 0 Å². The van der Waals surface area contributed by atoms with Crippen molar-refractivity contribution in [2.24, 2.45) is 0 Å². The number of rotatable bonds is 4. The molecule has 0 saturated carbocycles. The van der Waals surface area contributed by atoms with Crippen LogP contribution in [0.25, 0.3) is 10.8 Å². The maximum absolute atomic E-state index is 14.0. The Labute approximate surface area is 184 Å². The molecule has 0 aliphatic carbocycles. The van der Waals surface area contributed by atoms with Gasteiger partial charge in [-0.2, -0.15) is 0 Å². The molecule has 2 fully saturated rings. The standard InChI is InChI=1S/C24H26F2N4O2/c25-24(26)9-1-11-30(15-24)20-14-18-6-10-27-23(31)21(18)22(29-20)28-19-4-2-16(3-5-19)17-7-12-32-13-8-17/h2-6,10,14,17H,1,7-9,11-13,15H2,(H,27,31)(H,28,29). The van der Waals surface area contributed by atoms with Gasteiger partial charge in [0.1, 0.15) is 11.6 Å². The van der Waals surface area contributed by atoms with Crippen LogP contribution in [0, 0.1) is 0 Å². The van der Waals surface area contributed by atoms with Gasteiger partial charge < -0.3 is 19.9 Å². The monoisotopic (exact) mass is 440 g/mol. The number of alkyl halides is 2. The smallest absolute Gasteiger partial charge is 0.265 e. The first-order chi connectivity index (χ1) is 15.5. The van der Waals surface area contributed by atoms with E-state index in [1.54, 1.807) is 23.2 Å². The predicted octanol–water partition coefficient (Wildman–Crippen LogP) is 4.80. The summed E-state index contributed by atoms with van der Waals surface area (Å²) in [5.74, 6) is -1.43. The van der Waals surface area contributed by atoms with Gasteiger partial charge in [-0.25, -0.2) is 13.8 Å². The molecule has 5 rings (SSSR count). The third-order valence-electron chi connectivity index (χ3n) is 6.32. The molecule has 0 spiro atoms. The fraction of sp³-hybridized carbons (Fsp3) is 0.417. The third-order valence-corrected chi connectivity index (χ3v) is 6.32. The van der Waals surface area contributed by atoms with E-state index in [0.717, 1.165) is 31.7 Å². The molecule has 2 aromatic heterocycles. The van der Waals surface area contributed by atoms with Crippen LogP contribution in [0.2, 0.25) is 0 Å². The van der Waals surface area contributed by atoms with E-state index >= 15 is 0 Å². The van der Waals surface area contributed by atoms with Crippen LogP contribution in [-0.4, -0.2) is 42.2 Å². The zero-order valence-corrected chi connectivity index (χ0v) is 17.7. The Bertz CT molecular complexity index is 1160. The Morgan fingerprint density at radius 1 is 1.16 bits per heavy atom. The molecule has 1 aromatic carbocycles. The van der Waals surface area contributed by atoms with E-state index < -0.39 is 5.92 Å². The molecule has 32 heavy (non-hydrogen) atoms. The van der Waals surface area contributed by atoms with Gasteiger partial charge in [0.05, 0.1) is 11.9 Å². The Morgan fingerprint density at radius 2 is 1.94 bits per heavy atom. The van der Waals surface area contributed by atoms with Crippen molar-refractivity contribution in [1.82, 2.24) is 9.97 Å². The van der Waals surface area contributed by atoms with E-state index in [2.05, 4.69) is 27.4 Å². The Hall–Kier alpha value is -3.00. The van der Waals surface area contributed by atoms with E-state index in [-0.39, 0.29) is 18.5 Å². The third kappa shape index (κ3) is 4.32. The lowest BCUT2D eigenvalue weighted by molar-refractivity contribution is -0.0118. The summed E-state index contributed by atoms with van der Waals surface area (Å²) in [6, 6.07) is 11.6. The van der Waals surface area contributed by atoms with Gasteiger partial charge in [-0.05, 0) is 60.4 Å². The number of halogens is 2. The van der Waals surface area contributed by atoms with Crippen molar-refractivity contribution in [3.63, 3.8) is 0 Å². The lowest BCUT2D eigenvalue weighted by Gasteiger charge is -2.33. The number of fused-ring (bicyclic) bond motifs is 1. The van der Waals surface area contributed by atoms with Gasteiger partial charge >= 0.3 is 0 Å². The highest BCUT2D eigenvalue weighted by atomic mass is 19.3. The normalized spacial score (nSPS) is 19.2. The van der Waals surface area contributed by atoms with E-state index in [9.17, 15) is 13.6 Å². The molecule has 4 heterocycles. The zero-order chi connectivity index (χ0) is 22.1. The maximum Gasteiger partial charge on any atom is 0.265 e. The van der Waals surface area contributed by atoms with Crippen LogP contribution in [0.4, 0.5) is 26.1 Å². The maximum atomic E-state index is 14.0. The van der Waals surface area contributed by atoms with Crippen molar-refractivity contribution in [2.45, 2.75) is 37.5 Å². The van der Waals surface area contributed by atoms with Gasteiger partial charge in [-0.1, -0.05) is 12.1 Å². The Balaban J connectivity index is 1.47. The van der Waals surface area contributed by atoms with Crippen LogP contribution < -0.4 is 15.8 Å². The average molecular weight is 440 g/mol. The molecule has 2 aliphatic heterocycles. The number of hydrogen-bond acceptors (Lipinski definition) is 5. The molecule has 6 nitrogen and oxygen atoms in total. The molecule has 3 aromatic rings. The lowest BCUT2D eigenvalue weighted by Crippen LogP contribution is -2.43. The van der Waals surface area contributed by atoms with Crippen molar-refractivity contribution in [2.75, 3.05) is 36.5 Å². The minimum Gasteiger partial charge on any atom is -0.381 e. The first-order valence-corrected chi connectivity index (χ1v) is 11.1. The molecular weight excluding hydrogens is 414 g/mol. The second kappa shape index (κ2) is 8.50. The van der Waals surface area contributed by atoms with Crippen molar-refractivity contribution < 1.29 is 13.5 Å². The van der Waals surface area contributed by atoms with E-state index in [4.69, 9.17) is 4.74 Å². The van der Waals surface area contributed by atoms with Crippen LogP contribution >= 0.6 is 0 Å². The number of aromatic nitrogens is 2. The largest absolute Gasteiger partial charge is 0.381 e. The number of pyridine rings is 2. The second-order valence-corrected chi connectivity index (χ2v) is 8.61. The molecule has 0 bridgehead atoms. The number of nitrogens with one attached hydrogen (secondary N) is 2. The molecule has 2 aliphatic rings. The van der Waals surface area contributed by atoms with E-state index in [0.29, 0.717) is 41.3 Å². The minimum atomic E-state index is -2.74. The molecule has 8 heteroatoms. The fourth-order valence-corrected chi connectivity index (χ4v) is 4.62. The first kappa shape index (κ1) is 20.9. The number of piperidine rings is 1. The van der Waals surface area contributed by atoms with Gasteiger partial charge in [0.25, 0.3) is 11.5 Å². The lowest BCUT2D eigenvalue weighted by atomic mass is 9.92. The molecule has 2 saturated heterocycles. The second-order valence-electron chi connectivity index (χ2n) is 8.61. The molecule has 2 N–H and O–H groups in total. The molecule has 0 atom stereocenters. The van der Waals surface area contributed by atoms with Gasteiger partial charge in [0, 0.05) is 38.1 Å². The van der Waals surface area contributed by atoms with Crippen LogP contribution in [-0.2, 0) is 4.74 Å². The number of anilines is 3. The summed E-state index contributed by atoms with van der Waals surface area (Å²) in [5, 5.41) is 4.32. The van der Waals surface area contributed by atoms with Crippen LogP contribution in [0.1, 0.15) is 37.2 Å². The number of aromatic amines is 1. The topological polar surface area (TPSA) is 70.2 Å². The minimum absolute atomic E-state index is 0.110. The quantitative estimate of drug-likeness (QED) is 0.610. The van der Waals surface area contributed by atoms with Crippen LogP contribution in [0.3, 0.4) is 0 Å². The van der Waals surface area contributed by atoms with Crippen molar-refractivity contribution in [3.05, 3.63) is 58.5 Å². The number of ether oxygens (including phenoxy) is 1. The Kier molecular flexibility index (Phi) is 5.55. The van der Waals surface area contributed by atoms with Crippen molar-refractivity contribution >= 4 is 28.1 Å². The predicted molar refractivity (Wildman–Crippen MR) is 121 cm³/mol. The highest BCUT2D eigenvalue weighted by molar-refractivity contribution is 5.94. The zero-order valence-electron chi connectivity index (χ0n) is 17.7. The number of nitrogens with zero attached hydrogens (tertiary/aromatic N) is 2. The Morgan fingerprint density at radius 3 is 2.69 bits per heavy atom. The summed E-state index contributed by atoms with van der Waals surface area (Å²) in [6.07, 6.45) is 3.87. The molecular formula is C24H26F2N4O2. The van der Waals surface area contributed by atoms with E-state index in [1.165, 1.54) is 5.56 Å². The SMILES string of the molecule is O=c1[nH]ccc2cc(N3CCCC(F)(F)C3)nc(Nc3ccc(C4CCOCC4)cc3)c12. The summed E-state index contributed by atoms with van der Waals surface area (Å²) < 4.78 is 33.5. The van der Waals surface area contributed by atoms with Crippen molar-refractivity contribution in [1.29, 1.82) is 0 Å². The van der Waals surface area contributed by atoms with Gasteiger partial charge in [-0.15, -0.1) is 0 Å². The summed E-state index contributed by atoms with van der Waals surface area (Å²) in [4.78, 5) is 21.4. The summed E-state index contributed by atoms with van der Waals surface area (Å²) in [5.41, 5.74) is 1.78. The molecule has 0 unspecified atom stereocenters. The molecule has 0 radical (unpaired) electrons. The van der Waals surface area contributed by atoms with Crippen LogP contribution in [0.5, 0.6) is 0 Å².